The molecule has 0 unspecified atom stereocenters. The van der Waals surface area contributed by atoms with Crippen molar-refractivity contribution in [2.24, 2.45) is 0 Å². The molecule has 0 aliphatic heterocycles. The third kappa shape index (κ3) is 6.01. The minimum atomic E-state index is -0.629. The van der Waals surface area contributed by atoms with Gasteiger partial charge in [0.15, 0.2) is 0 Å². The van der Waals surface area contributed by atoms with E-state index >= 15 is 0 Å². The van der Waals surface area contributed by atoms with Crippen molar-refractivity contribution in [3.63, 3.8) is 0 Å². The van der Waals surface area contributed by atoms with Crippen LogP contribution in [0.2, 0.25) is 10.0 Å². The van der Waals surface area contributed by atoms with Gasteiger partial charge in [-0.15, -0.1) is 0 Å². The van der Waals surface area contributed by atoms with E-state index in [-0.39, 0.29) is 5.82 Å². The highest BCUT2D eigenvalue weighted by Crippen LogP contribution is 2.27. The summed E-state index contributed by atoms with van der Waals surface area (Å²) in [5, 5.41) is 1.52. The van der Waals surface area contributed by atoms with E-state index in [1.807, 2.05) is 30.5 Å². The molecule has 2 nitrogen and oxygen atoms in total. The number of nitrogens with zero attached hydrogens (tertiary/aromatic N) is 2. The Morgan fingerprint density at radius 1 is 0.667 bits per heavy atom. The highest BCUT2D eigenvalue weighted by molar-refractivity contribution is 6.54. The van der Waals surface area contributed by atoms with Crippen LogP contribution in [0.1, 0.15) is 33.6 Å². The lowest BCUT2D eigenvalue weighted by atomic mass is 9.58. The molecule has 0 aliphatic rings. The summed E-state index contributed by atoms with van der Waals surface area (Å²) in [5.74, 6) is 0.138. The number of imidazole rings is 1. The zero-order valence-electron chi connectivity index (χ0n) is 19.8. The Kier molecular flexibility index (Phi) is 8.07. The number of aromatic nitrogens is 2. The number of halogens is 2. The van der Waals surface area contributed by atoms with Gasteiger partial charge in [-0.3, -0.25) is 4.98 Å². The van der Waals surface area contributed by atoms with E-state index in [4.69, 9.17) is 28.2 Å². The van der Waals surface area contributed by atoms with Gasteiger partial charge in [0.05, 0.1) is 15.2 Å². The van der Waals surface area contributed by atoms with Crippen molar-refractivity contribution in [1.82, 2.24) is 9.55 Å². The highest BCUT2D eigenvalue weighted by atomic mass is 35.5. The monoisotopic (exact) mass is 523 g/mol. The van der Waals surface area contributed by atoms with Crippen molar-refractivity contribution in [2.45, 2.75) is 17.5 Å². The van der Waals surface area contributed by atoms with Crippen LogP contribution in [0.3, 0.4) is 0 Å². The maximum Gasteiger partial charge on any atom is 0.215 e. The van der Waals surface area contributed by atoms with Crippen LogP contribution in [0.5, 0.6) is 0 Å². The van der Waals surface area contributed by atoms with Gasteiger partial charge >= 0.3 is 0 Å². The van der Waals surface area contributed by atoms with Gasteiger partial charge in [-0.1, -0.05) is 108 Å². The predicted octanol–water partition coefficient (Wildman–Crippen LogP) is 6.22. The van der Waals surface area contributed by atoms with Gasteiger partial charge in [0, 0.05) is 28.6 Å². The van der Waals surface area contributed by atoms with E-state index in [9.17, 15) is 0 Å². The Morgan fingerprint density at radius 3 is 1.67 bits per heavy atom. The van der Waals surface area contributed by atoms with Crippen LogP contribution in [0.4, 0.5) is 0 Å². The van der Waals surface area contributed by atoms with Gasteiger partial charge in [-0.25, -0.2) is 0 Å². The van der Waals surface area contributed by atoms with E-state index < -0.39 is 9.52 Å². The first-order valence-electron chi connectivity index (χ1n) is 12.1. The first-order valence-corrected chi connectivity index (χ1v) is 14.7. The Balaban J connectivity index is 1.40. The minimum absolute atomic E-state index is 0.138. The van der Waals surface area contributed by atoms with Gasteiger partial charge in [-0.2, -0.15) is 0 Å². The Morgan fingerprint density at radius 2 is 1.17 bits per heavy atom. The maximum atomic E-state index is 6.19. The van der Waals surface area contributed by atoms with Crippen molar-refractivity contribution in [3.8, 4) is 0 Å². The van der Waals surface area contributed by atoms with Crippen molar-refractivity contribution < 1.29 is 0 Å². The molecule has 177 valence electrons. The number of rotatable bonds is 9. The molecule has 0 N–H and O–H groups in total. The Hall–Kier alpha value is -3.05. The molecule has 0 fully saturated rings. The third-order valence-electron chi connectivity index (χ3n) is 6.58. The second-order valence-electron chi connectivity index (χ2n) is 8.89. The maximum absolute atomic E-state index is 6.19. The molecule has 0 bridgehead atoms. The molecule has 0 amide bonds. The van der Waals surface area contributed by atoms with E-state index in [0.29, 0.717) is 5.54 Å². The lowest BCUT2D eigenvalue weighted by Gasteiger charge is -2.20. The van der Waals surface area contributed by atoms with E-state index in [0.717, 1.165) is 21.9 Å². The first-order chi connectivity index (χ1) is 17.7. The quantitative estimate of drug-likeness (QED) is 0.209. The second-order valence-corrected chi connectivity index (χ2v) is 11.6. The summed E-state index contributed by atoms with van der Waals surface area (Å²) in [4.78, 5) is 4.75. The van der Waals surface area contributed by atoms with Gasteiger partial charge in [0.2, 0.25) is 7.28 Å². The summed E-state index contributed by atoms with van der Waals surface area (Å²) in [5.41, 5.74) is 6.47. The van der Waals surface area contributed by atoms with Gasteiger partial charge in [0.1, 0.15) is 0 Å². The molecule has 0 atom stereocenters. The fourth-order valence-corrected chi connectivity index (χ4v) is 7.08. The fourth-order valence-electron chi connectivity index (χ4n) is 4.71. The standard InChI is InChI=1S/C30H26BCl2N2Si/c32-26-15-11-24(12-16-26)29(25-13-17-27(33)18-14-25)36-21-35-20-19-34-30(35)31-28(22-7-3-1-4-8-22)23-9-5-2-6-10-23/h1-20,28-29H,21,36H2. The first kappa shape index (κ1) is 24.6. The molecular formula is C30H26BCl2N2Si. The Labute approximate surface area is 226 Å². The van der Waals surface area contributed by atoms with Crippen molar-refractivity contribution in [2.75, 3.05) is 0 Å². The molecule has 1 radical (unpaired) electrons. The second kappa shape index (κ2) is 11.8. The topological polar surface area (TPSA) is 17.8 Å². The van der Waals surface area contributed by atoms with Crippen molar-refractivity contribution >= 4 is 45.7 Å². The van der Waals surface area contributed by atoms with Crippen LogP contribution in [-0.2, 0) is 6.17 Å². The summed E-state index contributed by atoms with van der Waals surface area (Å²) in [6, 6.07) is 37.8. The van der Waals surface area contributed by atoms with E-state index in [1.165, 1.54) is 22.3 Å². The van der Waals surface area contributed by atoms with Gasteiger partial charge < -0.3 is 4.57 Å². The summed E-state index contributed by atoms with van der Waals surface area (Å²) in [6.45, 7) is 0. The Bertz CT molecular complexity index is 1290. The summed E-state index contributed by atoms with van der Waals surface area (Å²) < 4.78 is 2.31. The number of benzene rings is 4. The summed E-state index contributed by atoms with van der Waals surface area (Å²) in [6.07, 6.45) is 4.98. The molecule has 0 saturated heterocycles. The molecular weight excluding hydrogens is 498 g/mol. The minimum Gasteiger partial charge on any atom is -0.347 e. The lowest BCUT2D eigenvalue weighted by Crippen LogP contribution is -2.33. The van der Waals surface area contributed by atoms with E-state index in [1.54, 1.807) is 0 Å². The lowest BCUT2D eigenvalue weighted by molar-refractivity contribution is 0.884. The van der Waals surface area contributed by atoms with Gasteiger partial charge in [-0.05, 0) is 57.9 Å². The molecule has 0 aliphatic carbocycles. The largest absolute Gasteiger partial charge is 0.347 e. The molecule has 1 aromatic heterocycles. The van der Waals surface area contributed by atoms with E-state index in [2.05, 4.69) is 103 Å². The molecule has 0 spiro atoms. The zero-order valence-corrected chi connectivity index (χ0v) is 22.8. The van der Waals surface area contributed by atoms with Crippen molar-refractivity contribution in [3.05, 3.63) is 154 Å². The highest BCUT2D eigenvalue weighted by Gasteiger charge is 2.21. The summed E-state index contributed by atoms with van der Waals surface area (Å²) in [7, 11) is 1.66. The number of hydrogen-bond donors (Lipinski definition) is 0. The fraction of sp³-hybridized carbons (Fsp3) is 0.100. The molecule has 36 heavy (non-hydrogen) atoms. The van der Waals surface area contributed by atoms with Crippen LogP contribution in [0, 0.1) is 0 Å². The average molecular weight is 524 g/mol. The third-order valence-corrected chi connectivity index (χ3v) is 9.35. The summed E-state index contributed by atoms with van der Waals surface area (Å²) >= 11 is 12.4. The van der Waals surface area contributed by atoms with Gasteiger partial charge in [0.25, 0.3) is 0 Å². The molecule has 4 aromatic carbocycles. The predicted molar refractivity (Wildman–Crippen MR) is 156 cm³/mol. The van der Waals surface area contributed by atoms with Crippen LogP contribution < -0.4 is 5.72 Å². The normalized spacial score (nSPS) is 11.6. The molecule has 0 saturated carbocycles. The van der Waals surface area contributed by atoms with Crippen LogP contribution in [-0.4, -0.2) is 26.4 Å². The van der Waals surface area contributed by atoms with Crippen molar-refractivity contribution in [1.29, 1.82) is 0 Å². The molecule has 5 rings (SSSR count). The SMILES string of the molecule is Clc1ccc(C([SiH2]Cn2ccnc2[B]C(c2ccccc2)c2ccccc2)c2ccc(Cl)cc2)cc1. The van der Waals surface area contributed by atoms with Crippen LogP contribution >= 0.6 is 23.2 Å². The molecule has 5 aromatic rings. The van der Waals surface area contributed by atoms with Crippen LogP contribution in [0.25, 0.3) is 0 Å². The zero-order chi connectivity index (χ0) is 24.7. The average Bonchev–Trinajstić information content (AvgIpc) is 3.37. The number of hydrogen-bond acceptors (Lipinski definition) is 1. The smallest absolute Gasteiger partial charge is 0.215 e. The molecule has 1 heterocycles. The molecule has 6 heteroatoms. The van der Waals surface area contributed by atoms with Crippen LogP contribution in [0.15, 0.2) is 122 Å².